The molecular formula is C13H27N. The SMILES string of the molecule is CCCCCC(C=CN)CCCCC. The zero-order chi connectivity index (χ0) is 10.6. The van der Waals surface area contributed by atoms with Gasteiger partial charge in [-0.2, -0.15) is 0 Å². The molecular weight excluding hydrogens is 170 g/mol. The topological polar surface area (TPSA) is 26.0 Å². The molecule has 0 heterocycles. The van der Waals surface area contributed by atoms with E-state index in [0.717, 1.165) is 5.92 Å². The summed E-state index contributed by atoms with van der Waals surface area (Å²) < 4.78 is 0. The normalized spacial score (nSPS) is 11.6. The van der Waals surface area contributed by atoms with Crippen LogP contribution in [0.15, 0.2) is 12.3 Å². The Morgan fingerprint density at radius 1 is 0.929 bits per heavy atom. The minimum atomic E-state index is 0.734. The van der Waals surface area contributed by atoms with Gasteiger partial charge in [0.1, 0.15) is 0 Å². The lowest BCUT2D eigenvalue weighted by atomic mass is 9.95. The van der Waals surface area contributed by atoms with E-state index < -0.39 is 0 Å². The summed E-state index contributed by atoms with van der Waals surface area (Å²) in [7, 11) is 0. The minimum absolute atomic E-state index is 0.734. The minimum Gasteiger partial charge on any atom is -0.405 e. The Labute approximate surface area is 89.8 Å². The first-order valence-corrected chi connectivity index (χ1v) is 6.23. The highest BCUT2D eigenvalue weighted by Gasteiger charge is 2.03. The van der Waals surface area contributed by atoms with Crippen LogP contribution in [-0.4, -0.2) is 0 Å². The van der Waals surface area contributed by atoms with Crippen molar-refractivity contribution < 1.29 is 0 Å². The Morgan fingerprint density at radius 3 is 1.79 bits per heavy atom. The molecule has 0 atom stereocenters. The average molecular weight is 197 g/mol. The maximum absolute atomic E-state index is 5.46. The van der Waals surface area contributed by atoms with Crippen LogP contribution < -0.4 is 5.73 Å². The Balaban J connectivity index is 3.55. The molecule has 0 fully saturated rings. The molecule has 0 aromatic carbocycles. The lowest BCUT2D eigenvalue weighted by molar-refractivity contribution is 0.481. The highest BCUT2D eigenvalue weighted by atomic mass is 14.5. The lowest BCUT2D eigenvalue weighted by Crippen LogP contribution is -1.98. The summed E-state index contributed by atoms with van der Waals surface area (Å²) in [5.74, 6) is 0.734. The number of allylic oxidation sites excluding steroid dienone is 1. The second kappa shape index (κ2) is 10.6. The zero-order valence-corrected chi connectivity index (χ0v) is 9.97. The van der Waals surface area contributed by atoms with Crippen molar-refractivity contribution in [2.45, 2.75) is 65.2 Å². The summed E-state index contributed by atoms with van der Waals surface area (Å²) in [6.45, 7) is 4.51. The predicted octanol–water partition coefficient (Wildman–Crippen LogP) is 4.24. The maximum Gasteiger partial charge on any atom is -0.0100 e. The Kier molecular flexibility index (Phi) is 10.3. The molecule has 0 aromatic rings. The molecule has 1 nitrogen and oxygen atoms in total. The van der Waals surface area contributed by atoms with Gasteiger partial charge in [-0.3, -0.25) is 0 Å². The third kappa shape index (κ3) is 8.15. The first-order valence-electron chi connectivity index (χ1n) is 6.23. The zero-order valence-electron chi connectivity index (χ0n) is 9.97. The molecule has 84 valence electrons. The van der Waals surface area contributed by atoms with Crippen LogP contribution in [-0.2, 0) is 0 Å². The number of rotatable bonds is 9. The van der Waals surface area contributed by atoms with Crippen LogP contribution >= 0.6 is 0 Å². The van der Waals surface area contributed by atoms with Crippen LogP contribution in [0, 0.1) is 5.92 Å². The summed E-state index contributed by atoms with van der Waals surface area (Å²) >= 11 is 0. The fourth-order valence-electron chi connectivity index (χ4n) is 1.81. The van der Waals surface area contributed by atoms with Crippen molar-refractivity contribution in [3.63, 3.8) is 0 Å². The van der Waals surface area contributed by atoms with Crippen molar-refractivity contribution in [2.24, 2.45) is 11.7 Å². The standard InChI is InChI=1S/C13H27N/c1-3-5-7-9-13(11-12-14)10-8-6-4-2/h11-13H,3-10,14H2,1-2H3. The molecule has 0 saturated carbocycles. The van der Waals surface area contributed by atoms with E-state index in [0.29, 0.717) is 0 Å². The summed E-state index contributed by atoms with van der Waals surface area (Å²) in [4.78, 5) is 0. The average Bonchev–Trinajstić information content (AvgIpc) is 2.18. The predicted molar refractivity (Wildman–Crippen MR) is 65.1 cm³/mol. The van der Waals surface area contributed by atoms with Gasteiger partial charge in [0.25, 0.3) is 0 Å². The number of unbranched alkanes of at least 4 members (excludes halogenated alkanes) is 4. The van der Waals surface area contributed by atoms with Crippen molar-refractivity contribution in [1.29, 1.82) is 0 Å². The number of hydrogen-bond acceptors (Lipinski definition) is 1. The quantitative estimate of drug-likeness (QED) is 0.550. The van der Waals surface area contributed by atoms with Crippen LogP contribution in [0.5, 0.6) is 0 Å². The fourth-order valence-corrected chi connectivity index (χ4v) is 1.81. The van der Waals surface area contributed by atoms with E-state index in [-0.39, 0.29) is 0 Å². The lowest BCUT2D eigenvalue weighted by Gasteiger charge is -2.11. The van der Waals surface area contributed by atoms with E-state index in [1.54, 1.807) is 6.20 Å². The molecule has 0 radical (unpaired) electrons. The van der Waals surface area contributed by atoms with Crippen molar-refractivity contribution in [1.82, 2.24) is 0 Å². The van der Waals surface area contributed by atoms with Crippen LogP contribution in [0.2, 0.25) is 0 Å². The van der Waals surface area contributed by atoms with Crippen molar-refractivity contribution >= 4 is 0 Å². The van der Waals surface area contributed by atoms with Gasteiger partial charge in [0.15, 0.2) is 0 Å². The number of nitrogens with two attached hydrogens (primary N) is 1. The van der Waals surface area contributed by atoms with Gasteiger partial charge in [-0.1, -0.05) is 58.4 Å². The highest BCUT2D eigenvalue weighted by molar-refractivity contribution is 4.84. The van der Waals surface area contributed by atoms with Gasteiger partial charge in [-0.15, -0.1) is 0 Å². The summed E-state index contributed by atoms with van der Waals surface area (Å²) in [6.07, 6.45) is 14.6. The monoisotopic (exact) mass is 197 g/mol. The first-order chi connectivity index (χ1) is 6.85. The van der Waals surface area contributed by atoms with E-state index in [2.05, 4.69) is 19.9 Å². The van der Waals surface area contributed by atoms with E-state index in [1.807, 2.05) is 0 Å². The largest absolute Gasteiger partial charge is 0.405 e. The Morgan fingerprint density at radius 2 is 1.43 bits per heavy atom. The maximum atomic E-state index is 5.46. The molecule has 0 saturated heterocycles. The van der Waals surface area contributed by atoms with Gasteiger partial charge < -0.3 is 5.73 Å². The molecule has 1 heteroatoms. The first kappa shape index (κ1) is 13.5. The van der Waals surface area contributed by atoms with Crippen molar-refractivity contribution in [2.75, 3.05) is 0 Å². The van der Waals surface area contributed by atoms with E-state index in [9.17, 15) is 0 Å². The second-order valence-corrected chi connectivity index (χ2v) is 4.14. The summed E-state index contributed by atoms with van der Waals surface area (Å²) in [5, 5.41) is 0. The van der Waals surface area contributed by atoms with Crippen molar-refractivity contribution in [3.05, 3.63) is 12.3 Å². The summed E-state index contributed by atoms with van der Waals surface area (Å²) in [6, 6.07) is 0. The van der Waals surface area contributed by atoms with Crippen LogP contribution in [0.3, 0.4) is 0 Å². The third-order valence-electron chi connectivity index (χ3n) is 2.74. The van der Waals surface area contributed by atoms with E-state index >= 15 is 0 Å². The fraction of sp³-hybridized carbons (Fsp3) is 0.846. The van der Waals surface area contributed by atoms with E-state index in [4.69, 9.17) is 5.73 Å². The molecule has 2 N–H and O–H groups in total. The van der Waals surface area contributed by atoms with Gasteiger partial charge in [0.2, 0.25) is 0 Å². The Hall–Kier alpha value is -0.460. The molecule has 14 heavy (non-hydrogen) atoms. The van der Waals surface area contributed by atoms with Crippen LogP contribution in [0.1, 0.15) is 65.2 Å². The summed E-state index contributed by atoms with van der Waals surface area (Å²) in [5.41, 5.74) is 5.46. The van der Waals surface area contributed by atoms with Gasteiger partial charge >= 0.3 is 0 Å². The van der Waals surface area contributed by atoms with Crippen LogP contribution in [0.25, 0.3) is 0 Å². The molecule has 0 rings (SSSR count). The molecule has 0 amide bonds. The van der Waals surface area contributed by atoms with Gasteiger partial charge in [-0.05, 0) is 25.0 Å². The van der Waals surface area contributed by atoms with Crippen LogP contribution in [0.4, 0.5) is 0 Å². The molecule has 0 aromatic heterocycles. The molecule has 0 aliphatic heterocycles. The molecule has 0 aliphatic rings. The second-order valence-electron chi connectivity index (χ2n) is 4.14. The van der Waals surface area contributed by atoms with E-state index in [1.165, 1.54) is 51.4 Å². The molecule has 0 bridgehead atoms. The van der Waals surface area contributed by atoms with Gasteiger partial charge in [0, 0.05) is 0 Å². The van der Waals surface area contributed by atoms with Gasteiger partial charge in [0.05, 0.1) is 0 Å². The Bertz CT molecular complexity index is 119. The third-order valence-corrected chi connectivity index (χ3v) is 2.74. The highest BCUT2D eigenvalue weighted by Crippen LogP contribution is 2.18. The number of hydrogen-bond donors (Lipinski definition) is 1. The molecule has 0 spiro atoms. The molecule has 0 aliphatic carbocycles. The van der Waals surface area contributed by atoms with Gasteiger partial charge in [-0.25, -0.2) is 0 Å². The smallest absolute Gasteiger partial charge is 0.0100 e. The van der Waals surface area contributed by atoms with Crippen molar-refractivity contribution in [3.8, 4) is 0 Å². The molecule has 0 unspecified atom stereocenters.